The first-order chi connectivity index (χ1) is 15.6. The number of hydrogen-bond acceptors (Lipinski definition) is 5. The van der Waals surface area contributed by atoms with E-state index in [4.69, 9.17) is 14.2 Å². The lowest BCUT2D eigenvalue weighted by molar-refractivity contribution is 0.250. The summed E-state index contributed by atoms with van der Waals surface area (Å²) in [5.41, 5.74) is 4.95. The molecule has 4 rings (SSSR count). The van der Waals surface area contributed by atoms with Crippen molar-refractivity contribution in [3.8, 4) is 17.2 Å². The van der Waals surface area contributed by atoms with Crippen molar-refractivity contribution in [1.29, 1.82) is 0 Å². The SMILES string of the molecule is COc1cc(C2NCCc3cc(OCc4ccccc4)ccc32)ccc1OCCN(C)C. The largest absolute Gasteiger partial charge is 0.493 e. The monoisotopic (exact) mass is 432 g/mol. The van der Waals surface area contributed by atoms with Crippen LogP contribution >= 0.6 is 0 Å². The van der Waals surface area contributed by atoms with E-state index >= 15 is 0 Å². The molecule has 1 aliphatic rings. The molecule has 168 valence electrons. The van der Waals surface area contributed by atoms with Crippen LogP contribution in [0.25, 0.3) is 0 Å². The molecule has 5 nitrogen and oxygen atoms in total. The maximum absolute atomic E-state index is 6.05. The lowest BCUT2D eigenvalue weighted by Crippen LogP contribution is -2.30. The van der Waals surface area contributed by atoms with E-state index in [1.807, 2.05) is 38.4 Å². The molecule has 0 saturated carbocycles. The third-order valence-electron chi connectivity index (χ3n) is 5.73. The van der Waals surface area contributed by atoms with Gasteiger partial charge < -0.3 is 24.4 Å². The van der Waals surface area contributed by atoms with Gasteiger partial charge in [-0.15, -0.1) is 0 Å². The molecule has 5 heteroatoms. The van der Waals surface area contributed by atoms with E-state index < -0.39 is 0 Å². The molecular formula is C27H32N2O3. The van der Waals surface area contributed by atoms with Gasteiger partial charge >= 0.3 is 0 Å². The van der Waals surface area contributed by atoms with Gasteiger partial charge in [-0.1, -0.05) is 42.5 Å². The standard InChI is InChI=1S/C27H32N2O3/c1-29(2)15-16-31-25-12-9-22(18-26(25)30-3)27-24-11-10-23(17-21(24)13-14-28-27)32-19-20-7-5-4-6-8-20/h4-12,17-18,27-28H,13-16,19H2,1-3H3. The molecule has 0 aromatic heterocycles. The van der Waals surface area contributed by atoms with Gasteiger partial charge in [-0.2, -0.15) is 0 Å². The predicted octanol–water partition coefficient (Wildman–Crippen LogP) is 4.45. The summed E-state index contributed by atoms with van der Waals surface area (Å²) in [6.45, 7) is 2.98. The van der Waals surface area contributed by atoms with Crippen molar-refractivity contribution < 1.29 is 14.2 Å². The van der Waals surface area contributed by atoms with Gasteiger partial charge in [-0.3, -0.25) is 0 Å². The highest BCUT2D eigenvalue weighted by Crippen LogP contribution is 2.36. The summed E-state index contributed by atoms with van der Waals surface area (Å²) >= 11 is 0. The molecule has 1 aliphatic heterocycles. The van der Waals surface area contributed by atoms with E-state index in [2.05, 4.69) is 52.7 Å². The Kier molecular flexibility index (Phi) is 7.30. The molecule has 3 aromatic carbocycles. The van der Waals surface area contributed by atoms with Crippen LogP contribution in [0.1, 0.15) is 28.3 Å². The first kappa shape index (κ1) is 22.2. The first-order valence-corrected chi connectivity index (χ1v) is 11.1. The zero-order chi connectivity index (χ0) is 22.3. The Hall–Kier alpha value is -3.02. The van der Waals surface area contributed by atoms with E-state index in [0.29, 0.717) is 13.2 Å². The number of fused-ring (bicyclic) bond motifs is 1. The third kappa shape index (κ3) is 5.42. The zero-order valence-electron chi connectivity index (χ0n) is 19.1. The van der Waals surface area contributed by atoms with Crippen LogP contribution < -0.4 is 19.5 Å². The summed E-state index contributed by atoms with van der Waals surface area (Å²) in [5.74, 6) is 2.45. The minimum absolute atomic E-state index is 0.117. The van der Waals surface area contributed by atoms with E-state index in [9.17, 15) is 0 Å². The Morgan fingerprint density at radius 2 is 1.78 bits per heavy atom. The molecule has 32 heavy (non-hydrogen) atoms. The number of rotatable bonds is 9. The Morgan fingerprint density at radius 1 is 0.938 bits per heavy atom. The fraction of sp³-hybridized carbons (Fsp3) is 0.333. The Labute approximate surface area is 190 Å². The normalized spacial score (nSPS) is 15.3. The topological polar surface area (TPSA) is 43.0 Å². The molecule has 1 unspecified atom stereocenters. The smallest absolute Gasteiger partial charge is 0.161 e. The van der Waals surface area contributed by atoms with Gasteiger partial charge in [-0.25, -0.2) is 0 Å². The molecule has 0 aliphatic carbocycles. The quantitative estimate of drug-likeness (QED) is 0.541. The fourth-order valence-corrected chi connectivity index (χ4v) is 3.99. The van der Waals surface area contributed by atoms with E-state index in [1.54, 1.807) is 7.11 Å². The third-order valence-corrected chi connectivity index (χ3v) is 5.73. The summed E-state index contributed by atoms with van der Waals surface area (Å²) in [5, 5.41) is 3.65. The van der Waals surface area contributed by atoms with Gasteiger partial charge in [-0.05, 0) is 67.0 Å². The lowest BCUT2D eigenvalue weighted by atomic mass is 9.89. The average Bonchev–Trinajstić information content (AvgIpc) is 2.83. The van der Waals surface area contributed by atoms with Crippen LogP contribution in [-0.4, -0.2) is 45.8 Å². The van der Waals surface area contributed by atoms with Crippen molar-refractivity contribution in [2.45, 2.75) is 19.1 Å². The van der Waals surface area contributed by atoms with Gasteiger partial charge in [0.1, 0.15) is 19.0 Å². The van der Waals surface area contributed by atoms with Crippen molar-refractivity contribution in [2.75, 3.05) is 40.9 Å². The molecular weight excluding hydrogens is 400 g/mol. The lowest BCUT2D eigenvalue weighted by Gasteiger charge is -2.28. The minimum atomic E-state index is 0.117. The van der Waals surface area contributed by atoms with Crippen molar-refractivity contribution >= 4 is 0 Å². The summed E-state index contributed by atoms with van der Waals surface area (Å²) in [6.07, 6.45) is 0.983. The van der Waals surface area contributed by atoms with Gasteiger partial charge in [0.15, 0.2) is 11.5 Å². The van der Waals surface area contributed by atoms with Crippen LogP contribution in [0.5, 0.6) is 17.2 Å². The highest BCUT2D eigenvalue weighted by molar-refractivity contribution is 5.49. The molecule has 3 aromatic rings. The van der Waals surface area contributed by atoms with Gasteiger partial charge in [0.25, 0.3) is 0 Å². The number of nitrogens with one attached hydrogen (secondary N) is 1. The second kappa shape index (κ2) is 10.5. The van der Waals surface area contributed by atoms with Crippen LogP contribution in [0.4, 0.5) is 0 Å². The number of hydrogen-bond donors (Lipinski definition) is 1. The summed E-state index contributed by atoms with van der Waals surface area (Å²) < 4.78 is 17.6. The van der Waals surface area contributed by atoms with Crippen LogP contribution in [0.3, 0.4) is 0 Å². The summed E-state index contributed by atoms with van der Waals surface area (Å²) in [7, 11) is 5.76. The average molecular weight is 433 g/mol. The Morgan fingerprint density at radius 3 is 2.56 bits per heavy atom. The second-order valence-corrected chi connectivity index (χ2v) is 8.33. The second-order valence-electron chi connectivity index (χ2n) is 8.33. The molecule has 1 N–H and O–H groups in total. The Balaban J connectivity index is 1.49. The van der Waals surface area contributed by atoms with Crippen LogP contribution in [0, 0.1) is 0 Å². The van der Waals surface area contributed by atoms with Crippen molar-refractivity contribution in [3.63, 3.8) is 0 Å². The molecule has 0 saturated heterocycles. The number of methoxy groups -OCH3 is 1. The van der Waals surface area contributed by atoms with Crippen molar-refractivity contribution in [3.05, 3.63) is 89.0 Å². The highest BCUT2D eigenvalue weighted by atomic mass is 16.5. The van der Waals surface area contributed by atoms with E-state index in [1.165, 1.54) is 22.3 Å². The van der Waals surface area contributed by atoms with Gasteiger partial charge in [0.2, 0.25) is 0 Å². The number of ether oxygens (including phenoxy) is 3. The summed E-state index contributed by atoms with van der Waals surface area (Å²) in [4.78, 5) is 2.10. The van der Waals surface area contributed by atoms with Crippen LogP contribution in [-0.2, 0) is 13.0 Å². The number of benzene rings is 3. The molecule has 0 spiro atoms. The van der Waals surface area contributed by atoms with Crippen LogP contribution in [0.15, 0.2) is 66.7 Å². The highest BCUT2D eigenvalue weighted by Gasteiger charge is 2.23. The van der Waals surface area contributed by atoms with Crippen LogP contribution in [0.2, 0.25) is 0 Å². The number of likely N-dealkylation sites (N-methyl/N-ethyl adjacent to an activating group) is 1. The number of nitrogens with zero attached hydrogens (tertiary/aromatic N) is 1. The van der Waals surface area contributed by atoms with E-state index in [-0.39, 0.29) is 6.04 Å². The molecule has 1 heterocycles. The maximum Gasteiger partial charge on any atom is 0.161 e. The van der Waals surface area contributed by atoms with Gasteiger partial charge in [0.05, 0.1) is 13.2 Å². The first-order valence-electron chi connectivity index (χ1n) is 11.1. The molecule has 0 amide bonds. The van der Waals surface area contributed by atoms with Gasteiger partial charge in [0, 0.05) is 13.1 Å². The minimum Gasteiger partial charge on any atom is -0.493 e. The Bertz CT molecular complexity index is 1020. The molecule has 1 atom stereocenters. The summed E-state index contributed by atoms with van der Waals surface area (Å²) in [6, 6.07) is 23.0. The maximum atomic E-state index is 6.05. The van der Waals surface area contributed by atoms with Crippen molar-refractivity contribution in [2.24, 2.45) is 0 Å². The molecule has 0 fully saturated rings. The zero-order valence-corrected chi connectivity index (χ0v) is 19.1. The fourth-order valence-electron chi connectivity index (χ4n) is 3.99. The van der Waals surface area contributed by atoms with Crippen molar-refractivity contribution in [1.82, 2.24) is 10.2 Å². The molecule has 0 radical (unpaired) electrons. The predicted molar refractivity (Wildman–Crippen MR) is 128 cm³/mol. The van der Waals surface area contributed by atoms with E-state index in [0.717, 1.165) is 36.8 Å². The molecule has 0 bridgehead atoms.